The zero-order valence-electron chi connectivity index (χ0n) is 12.4. The molecule has 0 aliphatic carbocycles. The number of carbonyl (C=O) groups is 1. The molecule has 2 nitrogen and oxygen atoms in total. The molecule has 0 spiro atoms. The lowest BCUT2D eigenvalue weighted by Gasteiger charge is -2.28. The predicted molar refractivity (Wildman–Crippen MR) is 101 cm³/mol. The van der Waals surface area contributed by atoms with Crippen LogP contribution in [-0.4, -0.2) is 5.91 Å². The number of anilines is 1. The van der Waals surface area contributed by atoms with Gasteiger partial charge in [-0.2, -0.15) is 0 Å². The summed E-state index contributed by atoms with van der Waals surface area (Å²) in [5, 5.41) is 5.06. The lowest BCUT2D eigenvalue weighted by molar-refractivity contribution is -0.116. The van der Waals surface area contributed by atoms with E-state index < -0.39 is 0 Å². The van der Waals surface area contributed by atoms with E-state index in [1.165, 1.54) is 6.07 Å². The second kappa shape index (κ2) is 5.97. The van der Waals surface area contributed by atoms with Gasteiger partial charge in [0.2, 0.25) is 5.91 Å². The Bertz CT molecular complexity index is 987. The van der Waals surface area contributed by atoms with E-state index in [4.69, 9.17) is 0 Å². The predicted octanol–water partition coefficient (Wildman–Crippen LogP) is 5.98. The quantitative estimate of drug-likeness (QED) is 0.487. The maximum atomic E-state index is 13.6. The fourth-order valence-corrected chi connectivity index (χ4v) is 4.27. The monoisotopic (exact) mass is 447 g/mol. The van der Waals surface area contributed by atoms with Crippen LogP contribution < -0.4 is 5.32 Å². The van der Waals surface area contributed by atoms with Crippen molar-refractivity contribution in [2.75, 3.05) is 5.32 Å². The maximum absolute atomic E-state index is 13.6. The van der Waals surface area contributed by atoms with E-state index in [0.717, 1.165) is 32.1 Å². The first-order valence-electron chi connectivity index (χ1n) is 7.50. The van der Waals surface area contributed by atoms with Crippen molar-refractivity contribution in [1.29, 1.82) is 0 Å². The van der Waals surface area contributed by atoms with Gasteiger partial charge in [-0.25, -0.2) is 4.39 Å². The molecule has 0 bridgehead atoms. The minimum Gasteiger partial charge on any atom is -0.325 e. The van der Waals surface area contributed by atoms with E-state index in [0.29, 0.717) is 10.9 Å². The van der Waals surface area contributed by atoms with E-state index in [1.807, 2.05) is 24.3 Å². The Morgan fingerprint density at radius 3 is 2.50 bits per heavy atom. The molecule has 3 aromatic rings. The summed E-state index contributed by atoms with van der Waals surface area (Å²) < 4.78 is 15.0. The molecule has 0 aromatic heterocycles. The smallest absolute Gasteiger partial charge is 0.225 e. The Labute approximate surface area is 155 Å². The van der Waals surface area contributed by atoms with Gasteiger partial charge in [0, 0.05) is 22.2 Å². The summed E-state index contributed by atoms with van der Waals surface area (Å²) in [5.41, 5.74) is 2.80. The fourth-order valence-electron chi connectivity index (χ4n) is 3.28. The molecule has 3 aromatic carbocycles. The van der Waals surface area contributed by atoms with Crippen LogP contribution in [0.15, 0.2) is 57.5 Å². The van der Waals surface area contributed by atoms with Crippen molar-refractivity contribution in [3.05, 3.63) is 74.4 Å². The van der Waals surface area contributed by atoms with Gasteiger partial charge < -0.3 is 5.32 Å². The molecule has 1 atom stereocenters. The molecule has 1 N–H and O–H groups in total. The number of carbonyl (C=O) groups excluding carboxylic acids is 1. The second-order valence-corrected chi connectivity index (χ2v) is 7.56. The number of halogens is 3. The highest BCUT2D eigenvalue weighted by Gasteiger charge is 2.29. The zero-order chi connectivity index (χ0) is 16.8. The first-order chi connectivity index (χ1) is 11.5. The summed E-state index contributed by atoms with van der Waals surface area (Å²) in [6.45, 7) is 0. The standard InChI is InChI=1S/C19H12Br2FNO/c20-15-8-14-13(10-5-6-17(22)16(21)7-10)9-18(24)23-19(14)12-4-2-1-3-11(12)15/h1-8,13H,9H2,(H,23,24). The number of hydrogen-bond acceptors (Lipinski definition) is 1. The SMILES string of the molecule is O=C1CC(c2ccc(F)c(Br)c2)c2cc(Br)c3ccccc3c2N1. The Balaban J connectivity index is 1.97. The molecule has 1 heterocycles. The van der Waals surface area contributed by atoms with Gasteiger partial charge in [0.15, 0.2) is 0 Å². The van der Waals surface area contributed by atoms with Gasteiger partial charge >= 0.3 is 0 Å². The zero-order valence-corrected chi connectivity index (χ0v) is 15.6. The molecule has 1 unspecified atom stereocenters. The summed E-state index contributed by atoms with van der Waals surface area (Å²) in [7, 11) is 0. The number of hydrogen-bond donors (Lipinski definition) is 1. The Kier molecular flexibility index (Phi) is 3.93. The van der Waals surface area contributed by atoms with Crippen molar-refractivity contribution in [3.63, 3.8) is 0 Å². The summed E-state index contributed by atoms with van der Waals surface area (Å²) in [6.07, 6.45) is 0.343. The second-order valence-electron chi connectivity index (χ2n) is 5.85. The van der Waals surface area contributed by atoms with E-state index in [-0.39, 0.29) is 17.6 Å². The Hall–Kier alpha value is -1.72. The normalized spacial score (nSPS) is 16.8. The molecule has 24 heavy (non-hydrogen) atoms. The van der Waals surface area contributed by atoms with Gasteiger partial charge in [0.1, 0.15) is 5.82 Å². The first kappa shape index (κ1) is 15.8. The molecule has 5 heteroatoms. The molecule has 1 aliphatic rings. The van der Waals surface area contributed by atoms with Crippen molar-refractivity contribution in [3.8, 4) is 0 Å². The van der Waals surface area contributed by atoms with E-state index in [1.54, 1.807) is 12.1 Å². The molecule has 0 fully saturated rings. The van der Waals surface area contributed by atoms with E-state index in [2.05, 4.69) is 43.2 Å². The van der Waals surface area contributed by atoms with Crippen molar-refractivity contribution in [2.24, 2.45) is 0 Å². The topological polar surface area (TPSA) is 29.1 Å². The van der Waals surface area contributed by atoms with Crippen LogP contribution in [-0.2, 0) is 4.79 Å². The lowest BCUT2D eigenvalue weighted by Crippen LogP contribution is -2.24. The fraction of sp³-hybridized carbons (Fsp3) is 0.105. The van der Waals surface area contributed by atoms with Crippen molar-refractivity contribution < 1.29 is 9.18 Å². The van der Waals surface area contributed by atoms with Gasteiger partial charge in [-0.1, -0.05) is 46.3 Å². The highest BCUT2D eigenvalue weighted by Crippen LogP contribution is 2.44. The summed E-state index contributed by atoms with van der Waals surface area (Å²) in [4.78, 5) is 12.3. The van der Waals surface area contributed by atoms with Crippen LogP contribution in [0.1, 0.15) is 23.5 Å². The van der Waals surface area contributed by atoms with Crippen LogP contribution in [0.2, 0.25) is 0 Å². The average Bonchev–Trinajstić information content (AvgIpc) is 2.58. The Morgan fingerprint density at radius 1 is 1.00 bits per heavy atom. The van der Waals surface area contributed by atoms with Crippen LogP contribution in [0.3, 0.4) is 0 Å². The van der Waals surface area contributed by atoms with Crippen molar-refractivity contribution in [1.82, 2.24) is 0 Å². The van der Waals surface area contributed by atoms with Crippen LogP contribution in [0.4, 0.5) is 10.1 Å². The third-order valence-corrected chi connectivity index (χ3v) is 5.66. The number of amides is 1. The molecular formula is C19H12Br2FNO. The summed E-state index contributed by atoms with van der Waals surface area (Å²) >= 11 is 6.87. The Morgan fingerprint density at radius 2 is 1.75 bits per heavy atom. The number of nitrogens with one attached hydrogen (secondary N) is 1. The molecule has 120 valence electrons. The molecule has 0 saturated carbocycles. The van der Waals surface area contributed by atoms with Crippen molar-refractivity contribution >= 4 is 54.2 Å². The average molecular weight is 449 g/mol. The molecule has 0 radical (unpaired) electrons. The van der Waals surface area contributed by atoms with Crippen LogP contribution in [0, 0.1) is 5.82 Å². The summed E-state index contributed by atoms with van der Waals surface area (Å²) in [5.74, 6) is -0.439. The van der Waals surface area contributed by atoms with Gasteiger partial charge in [0.25, 0.3) is 0 Å². The maximum Gasteiger partial charge on any atom is 0.225 e. The number of fused-ring (bicyclic) bond motifs is 3. The van der Waals surface area contributed by atoms with Crippen LogP contribution in [0.5, 0.6) is 0 Å². The highest BCUT2D eigenvalue weighted by atomic mass is 79.9. The molecule has 4 rings (SSSR count). The van der Waals surface area contributed by atoms with Crippen LogP contribution in [0.25, 0.3) is 10.8 Å². The number of benzene rings is 3. The molecular weight excluding hydrogens is 437 g/mol. The van der Waals surface area contributed by atoms with Gasteiger partial charge in [-0.05, 0) is 50.6 Å². The first-order valence-corrected chi connectivity index (χ1v) is 9.09. The minimum atomic E-state index is -0.307. The molecule has 1 amide bonds. The molecule has 0 saturated heterocycles. The third kappa shape index (κ3) is 2.56. The van der Waals surface area contributed by atoms with Gasteiger partial charge in [-0.15, -0.1) is 0 Å². The van der Waals surface area contributed by atoms with Crippen molar-refractivity contribution in [2.45, 2.75) is 12.3 Å². The lowest BCUT2D eigenvalue weighted by atomic mass is 9.83. The van der Waals surface area contributed by atoms with E-state index >= 15 is 0 Å². The largest absolute Gasteiger partial charge is 0.325 e. The van der Waals surface area contributed by atoms with Gasteiger partial charge in [-0.3, -0.25) is 4.79 Å². The highest BCUT2D eigenvalue weighted by molar-refractivity contribution is 9.11. The molecule has 1 aliphatic heterocycles. The number of rotatable bonds is 1. The summed E-state index contributed by atoms with van der Waals surface area (Å²) in [6, 6.07) is 14.9. The van der Waals surface area contributed by atoms with Crippen LogP contribution >= 0.6 is 31.9 Å². The third-order valence-electron chi connectivity index (χ3n) is 4.40. The van der Waals surface area contributed by atoms with E-state index in [9.17, 15) is 9.18 Å². The van der Waals surface area contributed by atoms with Gasteiger partial charge in [0.05, 0.1) is 10.2 Å². The minimum absolute atomic E-state index is 0.0274.